The lowest BCUT2D eigenvalue weighted by Gasteiger charge is -2.15. The van der Waals surface area contributed by atoms with Crippen LogP contribution in [0.2, 0.25) is 0 Å². The number of aromatic carboxylic acids is 1. The van der Waals surface area contributed by atoms with Gasteiger partial charge in [0.05, 0.1) is 30.2 Å². The summed E-state index contributed by atoms with van der Waals surface area (Å²) < 4.78 is 9.08. The van der Waals surface area contributed by atoms with E-state index in [-0.39, 0.29) is 17.3 Å². The van der Waals surface area contributed by atoms with Crippen molar-refractivity contribution in [3.63, 3.8) is 0 Å². The summed E-state index contributed by atoms with van der Waals surface area (Å²) in [5.41, 5.74) is 1.78. The molecule has 0 amide bonds. The standard InChI is InChI=1S/C24H29N9O3.C2H6/c1-4-5-6-7-11-33-14-16(12-27-33)28-24-25-13-18(23(34)35)22(30-24)29-19-10-8-9-17(20(19)36-3)21-26-15-32(2)31-21;1-2/h8-10,12-15H,4-7,11H2,1-3H3,(H,34,35)(H2,25,28,29,30);1-2H3. The molecule has 0 aliphatic rings. The SMILES string of the molecule is CC.CCCCCCn1cc(Nc2ncc(C(=O)O)c(Nc3cccc(-c4ncn(C)n4)c3OC)n2)cn1. The van der Waals surface area contributed by atoms with E-state index in [1.807, 2.05) is 30.8 Å². The van der Waals surface area contributed by atoms with Gasteiger partial charge in [0.1, 0.15) is 11.9 Å². The molecule has 0 aliphatic carbocycles. The first-order chi connectivity index (χ1) is 18.5. The molecule has 3 N–H and O–H groups in total. The average molecular weight is 522 g/mol. The second-order valence-corrected chi connectivity index (χ2v) is 8.19. The van der Waals surface area contributed by atoms with Crippen LogP contribution in [0.4, 0.5) is 23.1 Å². The molecule has 0 bridgehead atoms. The first-order valence-corrected chi connectivity index (χ1v) is 12.7. The maximum absolute atomic E-state index is 11.9. The molecule has 4 aromatic rings. The van der Waals surface area contributed by atoms with Crippen molar-refractivity contribution in [3.05, 3.63) is 48.7 Å². The van der Waals surface area contributed by atoms with E-state index in [0.29, 0.717) is 28.5 Å². The lowest BCUT2D eigenvalue weighted by atomic mass is 10.1. The predicted molar refractivity (Wildman–Crippen MR) is 146 cm³/mol. The summed E-state index contributed by atoms with van der Waals surface area (Å²) >= 11 is 0. The normalized spacial score (nSPS) is 10.4. The van der Waals surface area contributed by atoms with Crippen molar-refractivity contribution < 1.29 is 14.6 Å². The van der Waals surface area contributed by atoms with Crippen molar-refractivity contribution in [1.29, 1.82) is 0 Å². The number of anilines is 4. The molecule has 202 valence electrons. The highest BCUT2D eigenvalue weighted by atomic mass is 16.5. The molecule has 1 aromatic carbocycles. The van der Waals surface area contributed by atoms with E-state index in [4.69, 9.17) is 4.74 Å². The molecule has 3 aromatic heterocycles. The van der Waals surface area contributed by atoms with Crippen molar-refractivity contribution >= 4 is 29.1 Å². The van der Waals surface area contributed by atoms with Crippen molar-refractivity contribution in [2.75, 3.05) is 17.7 Å². The van der Waals surface area contributed by atoms with Crippen LogP contribution in [0.3, 0.4) is 0 Å². The smallest absolute Gasteiger partial charge is 0.341 e. The molecular formula is C26H35N9O3. The molecular weight excluding hydrogens is 486 g/mol. The van der Waals surface area contributed by atoms with E-state index in [2.05, 4.69) is 42.7 Å². The van der Waals surface area contributed by atoms with Crippen LogP contribution in [0.15, 0.2) is 43.1 Å². The van der Waals surface area contributed by atoms with Gasteiger partial charge in [-0.15, -0.1) is 0 Å². The van der Waals surface area contributed by atoms with Gasteiger partial charge in [0, 0.05) is 26.0 Å². The molecule has 0 saturated carbocycles. The van der Waals surface area contributed by atoms with E-state index in [0.717, 1.165) is 19.4 Å². The topological polar surface area (TPSA) is 145 Å². The quantitative estimate of drug-likeness (QED) is 0.211. The number of carboxylic acids is 1. The molecule has 0 aliphatic heterocycles. The summed E-state index contributed by atoms with van der Waals surface area (Å²) in [4.78, 5) is 24.7. The van der Waals surface area contributed by atoms with Gasteiger partial charge in [0.2, 0.25) is 5.95 Å². The minimum Gasteiger partial charge on any atom is -0.494 e. The zero-order chi connectivity index (χ0) is 27.5. The van der Waals surface area contributed by atoms with Gasteiger partial charge in [-0.1, -0.05) is 46.1 Å². The highest BCUT2D eigenvalue weighted by Crippen LogP contribution is 2.36. The molecule has 0 atom stereocenters. The monoisotopic (exact) mass is 521 g/mol. The highest BCUT2D eigenvalue weighted by molar-refractivity contribution is 5.94. The summed E-state index contributed by atoms with van der Waals surface area (Å²) in [6.45, 7) is 7.01. The van der Waals surface area contributed by atoms with E-state index in [1.54, 1.807) is 36.4 Å². The Morgan fingerprint density at radius 3 is 2.61 bits per heavy atom. The Balaban J connectivity index is 0.00000195. The van der Waals surface area contributed by atoms with Gasteiger partial charge in [-0.25, -0.2) is 14.8 Å². The number of hydrogen-bond donors (Lipinski definition) is 3. The Morgan fingerprint density at radius 2 is 1.92 bits per heavy atom. The Hall–Kier alpha value is -4.48. The number of aromatic nitrogens is 7. The molecule has 12 heteroatoms. The summed E-state index contributed by atoms with van der Waals surface area (Å²) in [5, 5.41) is 24.6. The van der Waals surface area contributed by atoms with Crippen LogP contribution < -0.4 is 15.4 Å². The van der Waals surface area contributed by atoms with E-state index in [1.165, 1.54) is 26.1 Å². The molecule has 12 nitrogen and oxygen atoms in total. The van der Waals surface area contributed by atoms with Crippen molar-refractivity contribution in [1.82, 2.24) is 34.5 Å². The Labute approximate surface area is 222 Å². The van der Waals surface area contributed by atoms with Gasteiger partial charge in [-0.2, -0.15) is 15.2 Å². The number of benzene rings is 1. The maximum atomic E-state index is 11.9. The number of unbranched alkanes of at least 4 members (excludes halogenated alkanes) is 3. The lowest BCUT2D eigenvalue weighted by molar-refractivity contribution is 0.0697. The fourth-order valence-electron chi connectivity index (χ4n) is 3.70. The third kappa shape index (κ3) is 7.05. The first kappa shape index (κ1) is 28.1. The zero-order valence-corrected chi connectivity index (χ0v) is 22.5. The number of nitrogens with zero attached hydrogens (tertiary/aromatic N) is 7. The van der Waals surface area contributed by atoms with E-state index >= 15 is 0 Å². The Bertz CT molecular complexity index is 1330. The van der Waals surface area contributed by atoms with Gasteiger partial charge in [0.15, 0.2) is 17.4 Å². The Kier molecular flexibility index (Phi) is 10.1. The lowest BCUT2D eigenvalue weighted by Crippen LogP contribution is -2.09. The van der Waals surface area contributed by atoms with Crippen LogP contribution in [0.5, 0.6) is 5.75 Å². The Morgan fingerprint density at radius 1 is 1.11 bits per heavy atom. The van der Waals surface area contributed by atoms with Gasteiger partial charge in [-0.05, 0) is 18.6 Å². The molecule has 0 spiro atoms. The number of carbonyl (C=O) groups is 1. The van der Waals surface area contributed by atoms with Crippen LogP contribution in [0.25, 0.3) is 11.4 Å². The maximum Gasteiger partial charge on any atom is 0.341 e. The number of nitrogens with one attached hydrogen (secondary N) is 2. The first-order valence-electron chi connectivity index (χ1n) is 12.7. The molecule has 4 rings (SSSR count). The fourth-order valence-corrected chi connectivity index (χ4v) is 3.70. The fraction of sp³-hybridized carbons (Fsp3) is 0.385. The summed E-state index contributed by atoms with van der Waals surface area (Å²) in [6.07, 6.45) is 11.0. The van der Waals surface area contributed by atoms with Gasteiger partial charge < -0.3 is 20.5 Å². The minimum absolute atomic E-state index is 0.0874. The van der Waals surface area contributed by atoms with Crippen LogP contribution in [0, 0.1) is 0 Å². The summed E-state index contributed by atoms with van der Waals surface area (Å²) in [7, 11) is 3.30. The third-order valence-electron chi connectivity index (χ3n) is 5.46. The average Bonchev–Trinajstić information content (AvgIpc) is 3.56. The van der Waals surface area contributed by atoms with Crippen molar-refractivity contribution in [3.8, 4) is 17.1 Å². The van der Waals surface area contributed by atoms with Crippen molar-refractivity contribution in [2.24, 2.45) is 7.05 Å². The van der Waals surface area contributed by atoms with Gasteiger partial charge >= 0.3 is 5.97 Å². The van der Waals surface area contributed by atoms with Crippen LogP contribution in [-0.4, -0.2) is 52.7 Å². The number of rotatable bonds is 12. The van der Waals surface area contributed by atoms with Gasteiger partial charge in [0.25, 0.3) is 0 Å². The number of aryl methyl sites for hydroxylation is 2. The second kappa shape index (κ2) is 13.7. The number of ether oxygens (including phenoxy) is 1. The predicted octanol–water partition coefficient (Wildman–Crippen LogP) is 5.27. The van der Waals surface area contributed by atoms with E-state index in [9.17, 15) is 9.90 Å². The molecule has 0 saturated heterocycles. The number of para-hydroxylation sites is 1. The summed E-state index contributed by atoms with van der Waals surface area (Å²) in [5.74, 6) is 0.113. The highest BCUT2D eigenvalue weighted by Gasteiger charge is 2.19. The summed E-state index contributed by atoms with van der Waals surface area (Å²) in [6, 6.07) is 5.38. The van der Waals surface area contributed by atoms with Crippen LogP contribution >= 0.6 is 0 Å². The molecule has 38 heavy (non-hydrogen) atoms. The largest absolute Gasteiger partial charge is 0.494 e. The molecule has 0 radical (unpaired) electrons. The second-order valence-electron chi connectivity index (χ2n) is 8.19. The van der Waals surface area contributed by atoms with Gasteiger partial charge in [-0.3, -0.25) is 9.36 Å². The van der Waals surface area contributed by atoms with Crippen LogP contribution in [-0.2, 0) is 13.6 Å². The van der Waals surface area contributed by atoms with Crippen LogP contribution in [0.1, 0.15) is 56.8 Å². The van der Waals surface area contributed by atoms with Crippen molar-refractivity contribution in [2.45, 2.75) is 53.0 Å². The molecule has 0 unspecified atom stereocenters. The van der Waals surface area contributed by atoms with E-state index < -0.39 is 5.97 Å². The molecule has 3 heterocycles. The zero-order valence-electron chi connectivity index (χ0n) is 22.5. The number of methoxy groups -OCH3 is 1. The molecule has 0 fully saturated rings. The minimum atomic E-state index is -1.16. The number of hydrogen-bond acceptors (Lipinski definition) is 9. The third-order valence-corrected chi connectivity index (χ3v) is 5.46. The number of carboxylic acid groups (broad SMARTS) is 1.